The van der Waals surface area contributed by atoms with Gasteiger partial charge in [-0.25, -0.2) is 0 Å². The van der Waals surface area contributed by atoms with Crippen LogP contribution in [0.3, 0.4) is 0 Å². The molecule has 0 aliphatic carbocycles. The third-order valence-electron chi connectivity index (χ3n) is 3.50. The van der Waals surface area contributed by atoms with Crippen LogP contribution in [0, 0.1) is 0 Å². The first-order chi connectivity index (χ1) is 10.0. The number of hydrogen-bond acceptors (Lipinski definition) is 3. The molecular weight excluding hydrogens is 264 g/mol. The quantitative estimate of drug-likeness (QED) is 0.638. The average molecular weight is 282 g/mol. The van der Waals surface area contributed by atoms with E-state index in [0.29, 0.717) is 6.42 Å². The summed E-state index contributed by atoms with van der Waals surface area (Å²) < 4.78 is 4.86. The van der Waals surface area contributed by atoms with Crippen molar-refractivity contribution >= 4 is 11.9 Å². The van der Waals surface area contributed by atoms with Gasteiger partial charge in [-0.15, -0.1) is 0 Å². The van der Waals surface area contributed by atoms with E-state index < -0.39 is 17.4 Å². The lowest BCUT2D eigenvalue weighted by atomic mass is 9.77. The molecular formula is C18H18O3. The van der Waals surface area contributed by atoms with Crippen molar-refractivity contribution in [3.8, 4) is 0 Å². The predicted molar refractivity (Wildman–Crippen MR) is 80.7 cm³/mol. The summed E-state index contributed by atoms with van der Waals surface area (Å²) in [6.45, 7) is 3.05. The molecule has 0 amide bonds. The van der Waals surface area contributed by atoms with Crippen molar-refractivity contribution in [1.29, 1.82) is 0 Å². The van der Waals surface area contributed by atoms with Crippen LogP contribution in [0.5, 0.6) is 0 Å². The van der Waals surface area contributed by atoms with Gasteiger partial charge in [0.2, 0.25) is 0 Å². The summed E-state index contributed by atoms with van der Waals surface area (Å²) >= 11 is 0. The van der Waals surface area contributed by atoms with Gasteiger partial charge in [0.15, 0.2) is 0 Å². The zero-order chi connectivity index (χ0) is 15.3. The Kier molecular flexibility index (Phi) is 4.53. The summed E-state index contributed by atoms with van der Waals surface area (Å²) in [6, 6.07) is 19.1. The molecule has 0 radical (unpaired) electrons. The second-order valence-corrected chi connectivity index (χ2v) is 5.24. The largest absolute Gasteiger partial charge is 0.393 e. The van der Waals surface area contributed by atoms with Crippen molar-refractivity contribution in [2.45, 2.75) is 25.7 Å². The number of esters is 2. The molecule has 0 saturated heterocycles. The molecule has 0 N–H and O–H groups in total. The Bertz CT molecular complexity index is 619. The van der Waals surface area contributed by atoms with Crippen molar-refractivity contribution < 1.29 is 14.3 Å². The molecule has 21 heavy (non-hydrogen) atoms. The molecule has 1 atom stereocenters. The van der Waals surface area contributed by atoms with Crippen molar-refractivity contribution in [1.82, 2.24) is 0 Å². The van der Waals surface area contributed by atoms with Crippen molar-refractivity contribution in [2.75, 3.05) is 0 Å². The molecule has 0 spiro atoms. The molecule has 0 aliphatic heterocycles. The minimum absolute atomic E-state index is 0.476. The maximum atomic E-state index is 12.4. The fourth-order valence-corrected chi connectivity index (χ4v) is 2.35. The van der Waals surface area contributed by atoms with Gasteiger partial charge in [0.25, 0.3) is 0 Å². The molecule has 0 aromatic heterocycles. The van der Waals surface area contributed by atoms with Crippen LogP contribution in [0.4, 0.5) is 0 Å². The molecule has 0 aliphatic rings. The molecule has 0 fully saturated rings. The summed E-state index contributed by atoms with van der Waals surface area (Å²) in [5, 5.41) is 0. The number of rotatable bonds is 4. The van der Waals surface area contributed by atoms with Crippen LogP contribution in [0.15, 0.2) is 60.7 Å². The smallest absolute Gasteiger partial charge is 0.324 e. The Labute approximate surface area is 124 Å². The van der Waals surface area contributed by atoms with E-state index in [0.717, 1.165) is 11.1 Å². The lowest BCUT2D eigenvalue weighted by Gasteiger charge is -2.27. The van der Waals surface area contributed by atoms with Crippen LogP contribution in [-0.4, -0.2) is 11.9 Å². The Morgan fingerprint density at radius 3 is 2.00 bits per heavy atom. The van der Waals surface area contributed by atoms with Crippen molar-refractivity contribution in [3.05, 3.63) is 71.8 Å². The summed E-state index contributed by atoms with van der Waals surface area (Å²) in [7, 11) is 0. The second-order valence-electron chi connectivity index (χ2n) is 5.24. The third kappa shape index (κ3) is 3.57. The minimum Gasteiger partial charge on any atom is -0.393 e. The van der Waals surface area contributed by atoms with E-state index in [1.807, 2.05) is 60.7 Å². The summed E-state index contributed by atoms with van der Waals surface area (Å²) in [6.07, 6.45) is 0.476. The molecule has 2 rings (SSSR count). The monoisotopic (exact) mass is 282 g/mol. The highest BCUT2D eigenvalue weighted by molar-refractivity contribution is 5.91. The predicted octanol–water partition coefficient (Wildman–Crippen LogP) is 3.28. The maximum Gasteiger partial charge on any atom is 0.324 e. The maximum absolute atomic E-state index is 12.4. The molecule has 0 bridgehead atoms. The van der Waals surface area contributed by atoms with Crippen LogP contribution in [-0.2, 0) is 26.2 Å². The number of carbonyl (C=O) groups is 2. The van der Waals surface area contributed by atoms with Crippen LogP contribution >= 0.6 is 0 Å². The molecule has 1 unspecified atom stereocenters. The van der Waals surface area contributed by atoms with Gasteiger partial charge in [-0.3, -0.25) is 9.59 Å². The van der Waals surface area contributed by atoms with Gasteiger partial charge in [-0.05, 0) is 24.5 Å². The van der Waals surface area contributed by atoms with E-state index >= 15 is 0 Å². The lowest BCUT2D eigenvalue weighted by Crippen LogP contribution is -2.37. The van der Waals surface area contributed by atoms with Crippen LogP contribution in [0.25, 0.3) is 0 Å². The van der Waals surface area contributed by atoms with Crippen LogP contribution in [0.1, 0.15) is 25.0 Å². The summed E-state index contributed by atoms with van der Waals surface area (Å²) in [5.41, 5.74) is 0.957. The van der Waals surface area contributed by atoms with E-state index in [4.69, 9.17) is 4.74 Å². The van der Waals surface area contributed by atoms with E-state index in [-0.39, 0.29) is 0 Å². The molecule has 3 heteroatoms. The molecule has 0 saturated carbocycles. The molecule has 2 aromatic rings. The molecule has 0 heterocycles. The highest BCUT2D eigenvalue weighted by Crippen LogP contribution is 2.30. The molecule has 2 aromatic carbocycles. The van der Waals surface area contributed by atoms with Crippen LogP contribution in [0.2, 0.25) is 0 Å². The van der Waals surface area contributed by atoms with E-state index in [1.54, 1.807) is 6.92 Å². The number of benzene rings is 2. The summed E-state index contributed by atoms with van der Waals surface area (Å²) in [4.78, 5) is 23.6. The van der Waals surface area contributed by atoms with Gasteiger partial charge < -0.3 is 4.74 Å². The number of carbonyl (C=O) groups excluding carboxylic acids is 2. The Morgan fingerprint density at radius 1 is 0.952 bits per heavy atom. The van der Waals surface area contributed by atoms with E-state index in [2.05, 4.69) is 0 Å². The SMILES string of the molecule is CC(=O)OC(=O)C(C)(Cc1ccccc1)c1ccccc1. The first-order valence-corrected chi connectivity index (χ1v) is 6.84. The van der Waals surface area contributed by atoms with Crippen molar-refractivity contribution in [2.24, 2.45) is 0 Å². The zero-order valence-electron chi connectivity index (χ0n) is 12.2. The Hall–Kier alpha value is -2.42. The standard InChI is InChI=1S/C18H18O3/c1-14(19)21-17(20)18(2,16-11-7-4-8-12-16)13-15-9-5-3-6-10-15/h3-12H,13H2,1-2H3. The van der Waals surface area contributed by atoms with Gasteiger partial charge >= 0.3 is 11.9 Å². The Morgan fingerprint density at radius 2 is 1.48 bits per heavy atom. The molecule has 108 valence electrons. The third-order valence-corrected chi connectivity index (χ3v) is 3.50. The highest BCUT2D eigenvalue weighted by Gasteiger charge is 2.37. The first kappa shape index (κ1) is 15.0. The lowest BCUT2D eigenvalue weighted by molar-refractivity contribution is -0.162. The fourth-order valence-electron chi connectivity index (χ4n) is 2.35. The van der Waals surface area contributed by atoms with Crippen LogP contribution < -0.4 is 0 Å². The minimum atomic E-state index is -0.895. The van der Waals surface area contributed by atoms with Gasteiger partial charge in [0.1, 0.15) is 0 Å². The normalized spacial score (nSPS) is 13.2. The zero-order valence-corrected chi connectivity index (χ0v) is 12.2. The Balaban J connectivity index is 2.39. The van der Waals surface area contributed by atoms with Gasteiger partial charge in [-0.1, -0.05) is 60.7 Å². The van der Waals surface area contributed by atoms with Gasteiger partial charge in [0, 0.05) is 6.92 Å². The topological polar surface area (TPSA) is 43.4 Å². The van der Waals surface area contributed by atoms with E-state index in [1.165, 1.54) is 6.92 Å². The van der Waals surface area contributed by atoms with Gasteiger partial charge in [0.05, 0.1) is 5.41 Å². The fraction of sp³-hybridized carbons (Fsp3) is 0.222. The average Bonchev–Trinajstić information content (AvgIpc) is 2.48. The summed E-state index contributed by atoms with van der Waals surface area (Å²) in [5.74, 6) is -1.11. The van der Waals surface area contributed by atoms with Gasteiger partial charge in [-0.2, -0.15) is 0 Å². The van der Waals surface area contributed by atoms with Crippen molar-refractivity contribution in [3.63, 3.8) is 0 Å². The second kappa shape index (κ2) is 6.35. The number of hydrogen-bond donors (Lipinski definition) is 0. The number of ether oxygens (including phenoxy) is 1. The van der Waals surface area contributed by atoms with E-state index in [9.17, 15) is 9.59 Å². The first-order valence-electron chi connectivity index (χ1n) is 6.84. The highest BCUT2D eigenvalue weighted by atomic mass is 16.6. The molecule has 3 nitrogen and oxygen atoms in total.